The molecule has 33 heavy (non-hydrogen) atoms. The number of nitro benzene ring substituents is 1. The fourth-order valence-electron chi connectivity index (χ4n) is 4.00. The third-order valence-corrected chi connectivity index (χ3v) is 5.87. The van der Waals surface area contributed by atoms with Crippen molar-refractivity contribution in [3.63, 3.8) is 0 Å². The maximum Gasteiger partial charge on any atom is 0.292 e. The number of hydrogen-bond donors (Lipinski definition) is 1. The molecule has 1 amide bonds. The zero-order valence-corrected chi connectivity index (χ0v) is 18.3. The van der Waals surface area contributed by atoms with Gasteiger partial charge in [-0.2, -0.15) is 0 Å². The van der Waals surface area contributed by atoms with Gasteiger partial charge in [-0.15, -0.1) is 0 Å². The van der Waals surface area contributed by atoms with Crippen LogP contribution in [0, 0.1) is 15.9 Å². The van der Waals surface area contributed by atoms with E-state index in [1.807, 2.05) is 37.3 Å². The molecule has 0 unspecified atom stereocenters. The molecule has 8 heteroatoms. The van der Waals surface area contributed by atoms with Crippen LogP contribution in [0.25, 0.3) is 0 Å². The molecule has 1 atom stereocenters. The quantitative estimate of drug-likeness (QED) is 0.430. The lowest BCUT2D eigenvalue weighted by atomic mass is 10.1. The van der Waals surface area contributed by atoms with Crippen LogP contribution in [0.1, 0.15) is 28.9 Å². The van der Waals surface area contributed by atoms with Crippen molar-refractivity contribution in [3.05, 3.63) is 99.9 Å². The molecule has 0 bridgehead atoms. The molecule has 0 aromatic heterocycles. The second-order valence-electron chi connectivity index (χ2n) is 8.02. The van der Waals surface area contributed by atoms with Crippen molar-refractivity contribution in [1.82, 2.24) is 4.90 Å². The van der Waals surface area contributed by atoms with Crippen LogP contribution in [-0.2, 0) is 0 Å². The van der Waals surface area contributed by atoms with Crippen molar-refractivity contribution in [3.8, 4) is 0 Å². The summed E-state index contributed by atoms with van der Waals surface area (Å²) in [7, 11) is 0. The number of nitrogens with one attached hydrogen (secondary N) is 1. The molecule has 170 valence electrons. The first kappa shape index (κ1) is 22.3. The van der Waals surface area contributed by atoms with Gasteiger partial charge in [-0.05, 0) is 48.9 Å². The lowest BCUT2D eigenvalue weighted by Crippen LogP contribution is -2.48. The number of rotatable bonds is 6. The van der Waals surface area contributed by atoms with Crippen molar-refractivity contribution in [2.75, 3.05) is 36.4 Å². The molecule has 1 heterocycles. The number of anilines is 2. The van der Waals surface area contributed by atoms with Gasteiger partial charge in [0.15, 0.2) is 0 Å². The van der Waals surface area contributed by atoms with E-state index in [2.05, 4.69) is 10.2 Å². The molecule has 0 spiro atoms. The monoisotopic (exact) mass is 448 g/mol. The zero-order chi connectivity index (χ0) is 23.4. The smallest absolute Gasteiger partial charge is 0.292 e. The lowest BCUT2D eigenvalue weighted by molar-refractivity contribution is -0.384. The van der Waals surface area contributed by atoms with Gasteiger partial charge >= 0.3 is 0 Å². The number of nitro groups is 1. The van der Waals surface area contributed by atoms with E-state index in [9.17, 15) is 19.3 Å². The van der Waals surface area contributed by atoms with Crippen LogP contribution >= 0.6 is 0 Å². The van der Waals surface area contributed by atoms with Gasteiger partial charge in [-0.25, -0.2) is 4.39 Å². The Balaban J connectivity index is 1.47. The largest absolute Gasteiger partial charge is 0.373 e. The molecule has 7 nitrogen and oxygen atoms in total. The van der Waals surface area contributed by atoms with Gasteiger partial charge < -0.3 is 15.1 Å². The van der Waals surface area contributed by atoms with Gasteiger partial charge in [0.05, 0.1) is 4.92 Å². The van der Waals surface area contributed by atoms with Crippen LogP contribution in [0.3, 0.4) is 0 Å². The highest BCUT2D eigenvalue weighted by molar-refractivity contribution is 5.94. The van der Waals surface area contributed by atoms with E-state index < -0.39 is 0 Å². The van der Waals surface area contributed by atoms with Crippen molar-refractivity contribution >= 4 is 23.0 Å². The van der Waals surface area contributed by atoms with Gasteiger partial charge in [-0.3, -0.25) is 14.9 Å². The molecule has 4 rings (SSSR count). The number of benzene rings is 3. The highest BCUT2D eigenvalue weighted by Crippen LogP contribution is 2.33. The van der Waals surface area contributed by atoms with E-state index in [-0.39, 0.29) is 28.4 Å². The highest BCUT2D eigenvalue weighted by Gasteiger charge is 2.24. The van der Waals surface area contributed by atoms with Gasteiger partial charge in [-0.1, -0.05) is 30.3 Å². The Labute approximate surface area is 191 Å². The molecule has 0 radical (unpaired) electrons. The Morgan fingerprint density at radius 1 is 1.00 bits per heavy atom. The predicted molar refractivity (Wildman–Crippen MR) is 126 cm³/mol. The van der Waals surface area contributed by atoms with Crippen LogP contribution in [0.15, 0.2) is 72.8 Å². The van der Waals surface area contributed by atoms with Crippen molar-refractivity contribution < 1.29 is 14.1 Å². The standard InChI is InChI=1S/C25H25FN4O3/c1-18(19-5-3-2-4-6-19)27-23-17-22(11-12-24(23)30(32)33)28-13-15-29(16-14-28)25(31)20-7-9-21(26)10-8-20/h2-12,17-18,27H,13-16H2,1H3/t18-/m1/s1. The van der Waals surface area contributed by atoms with E-state index in [1.165, 1.54) is 30.3 Å². The lowest BCUT2D eigenvalue weighted by Gasteiger charge is -2.36. The summed E-state index contributed by atoms with van der Waals surface area (Å²) in [5.41, 5.74) is 2.83. The van der Waals surface area contributed by atoms with Gasteiger partial charge in [0.2, 0.25) is 0 Å². The average molecular weight is 448 g/mol. The number of carbonyl (C=O) groups excluding carboxylic acids is 1. The molecule has 3 aromatic carbocycles. The normalized spacial score (nSPS) is 14.6. The molecule has 1 saturated heterocycles. The van der Waals surface area contributed by atoms with Crippen LogP contribution in [0.4, 0.5) is 21.5 Å². The van der Waals surface area contributed by atoms with Crippen LogP contribution in [0.2, 0.25) is 0 Å². The number of amides is 1. The third-order valence-electron chi connectivity index (χ3n) is 5.87. The summed E-state index contributed by atoms with van der Waals surface area (Å²) in [5.74, 6) is -0.502. The molecular formula is C25H25FN4O3. The fourth-order valence-corrected chi connectivity index (χ4v) is 4.00. The zero-order valence-electron chi connectivity index (χ0n) is 18.3. The second-order valence-corrected chi connectivity index (χ2v) is 8.02. The molecule has 1 aliphatic heterocycles. The summed E-state index contributed by atoms with van der Waals surface area (Å²) in [6.45, 7) is 4.18. The van der Waals surface area contributed by atoms with E-state index in [0.717, 1.165) is 11.3 Å². The third kappa shape index (κ3) is 5.11. The number of hydrogen-bond acceptors (Lipinski definition) is 5. The molecule has 3 aromatic rings. The second kappa shape index (κ2) is 9.68. The van der Waals surface area contributed by atoms with Crippen LogP contribution in [0.5, 0.6) is 0 Å². The molecule has 1 aliphatic rings. The molecule has 1 fully saturated rings. The number of nitrogens with zero attached hydrogens (tertiary/aromatic N) is 3. The van der Waals surface area contributed by atoms with Crippen molar-refractivity contribution in [2.45, 2.75) is 13.0 Å². The minimum Gasteiger partial charge on any atom is -0.373 e. The minimum absolute atomic E-state index is 0.0201. The van der Waals surface area contributed by atoms with Crippen LogP contribution < -0.4 is 10.2 Å². The molecule has 0 saturated carbocycles. The number of piperazine rings is 1. The maximum atomic E-state index is 13.1. The van der Waals surface area contributed by atoms with Gasteiger partial charge in [0, 0.05) is 49.5 Å². The molecule has 1 N–H and O–H groups in total. The van der Waals surface area contributed by atoms with E-state index >= 15 is 0 Å². The number of halogens is 1. The maximum absolute atomic E-state index is 13.1. The summed E-state index contributed by atoms with van der Waals surface area (Å²) >= 11 is 0. The van der Waals surface area contributed by atoms with E-state index in [0.29, 0.717) is 37.4 Å². The van der Waals surface area contributed by atoms with Gasteiger partial charge in [0.25, 0.3) is 11.6 Å². The Morgan fingerprint density at radius 3 is 2.30 bits per heavy atom. The van der Waals surface area contributed by atoms with E-state index in [1.54, 1.807) is 17.0 Å². The van der Waals surface area contributed by atoms with E-state index in [4.69, 9.17) is 0 Å². The summed E-state index contributed by atoms with van der Waals surface area (Å²) < 4.78 is 13.1. The first-order chi connectivity index (χ1) is 15.9. The average Bonchev–Trinajstić information content (AvgIpc) is 2.84. The predicted octanol–water partition coefficient (Wildman–Crippen LogP) is 4.87. The molecule has 0 aliphatic carbocycles. The summed E-state index contributed by atoms with van der Waals surface area (Å²) in [6.07, 6.45) is 0. The van der Waals surface area contributed by atoms with Crippen molar-refractivity contribution in [2.24, 2.45) is 0 Å². The Hall–Kier alpha value is -3.94. The van der Waals surface area contributed by atoms with Crippen molar-refractivity contribution in [1.29, 1.82) is 0 Å². The first-order valence-corrected chi connectivity index (χ1v) is 10.8. The topological polar surface area (TPSA) is 78.7 Å². The Bertz CT molecular complexity index is 1130. The Morgan fingerprint density at radius 2 is 1.67 bits per heavy atom. The molecular weight excluding hydrogens is 423 g/mol. The minimum atomic E-state index is -0.386. The fraction of sp³-hybridized carbons (Fsp3) is 0.240. The SMILES string of the molecule is C[C@@H](Nc1cc(N2CCN(C(=O)c3ccc(F)cc3)CC2)ccc1[N+](=O)[O-])c1ccccc1. The van der Waals surface area contributed by atoms with Gasteiger partial charge in [0.1, 0.15) is 11.5 Å². The number of carbonyl (C=O) groups is 1. The summed E-state index contributed by atoms with van der Waals surface area (Å²) in [5, 5.41) is 14.9. The first-order valence-electron chi connectivity index (χ1n) is 10.8. The highest BCUT2D eigenvalue weighted by atomic mass is 19.1. The van der Waals surface area contributed by atoms with Crippen LogP contribution in [-0.4, -0.2) is 41.9 Å². The summed E-state index contributed by atoms with van der Waals surface area (Å²) in [4.78, 5) is 27.7. The summed E-state index contributed by atoms with van der Waals surface area (Å²) in [6, 6.07) is 20.3. The Kier molecular flexibility index (Phi) is 6.53.